The summed E-state index contributed by atoms with van der Waals surface area (Å²) in [4.78, 5) is 6.04. The summed E-state index contributed by atoms with van der Waals surface area (Å²) < 4.78 is 0. The van der Waals surface area contributed by atoms with Crippen molar-refractivity contribution in [2.24, 2.45) is 5.73 Å². The Balaban J connectivity index is 2.01. The quantitative estimate of drug-likeness (QED) is 0.667. The van der Waals surface area contributed by atoms with Crippen LogP contribution in [0.1, 0.15) is 5.69 Å². The third-order valence-electron chi connectivity index (χ3n) is 3.39. The van der Waals surface area contributed by atoms with E-state index in [1.54, 1.807) is 11.8 Å². The van der Waals surface area contributed by atoms with Gasteiger partial charge in [-0.1, -0.05) is 42.1 Å². The van der Waals surface area contributed by atoms with Crippen molar-refractivity contribution in [3.63, 3.8) is 0 Å². The van der Waals surface area contributed by atoms with Crippen LogP contribution in [0.25, 0.3) is 10.9 Å². The molecule has 0 aliphatic heterocycles. The second-order valence-electron chi connectivity index (χ2n) is 4.94. The molecule has 4 N–H and O–H groups in total. The standard InChI is InChI=1S/C17H19N3S/c1-12-17(21-13-6-3-2-4-7-13)14-8-5-9-15(16(14)20-12)19-11-10-18/h2-9,19-20H,10-11,18H2,1H3. The summed E-state index contributed by atoms with van der Waals surface area (Å²) in [5.74, 6) is 0. The van der Waals surface area contributed by atoms with E-state index in [0.717, 1.165) is 17.7 Å². The van der Waals surface area contributed by atoms with E-state index in [4.69, 9.17) is 5.73 Å². The lowest BCUT2D eigenvalue weighted by molar-refractivity contribution is 1.03. The number of H-pyrrole nitrogens is 1. The van der Waals surface area contributed by atoms with Gasteiger partial charge in [-0.05, 0) is 25.1 Å². The van der Waals surface area contributed by atoms with E-state index in [1.165, 1.54) is 20.9 Å². The first-order chi connectivity index (χ1) is 10.3. The summed E-state index contributed by atoms with van der Waals surface area (Å²) in [6.45, 7) is 3.53. The first-order valence-corrected chi connectivity index (χ1v) is 7.89. The van der Waals surface area contributed by atoms with Crippen molar-refractivity contribution in [2.75, 3.05) is 18.4 Å². The Morgan fingerprint density at radius 2 is 1.90 bits per heavy atom. The fourth-order valence-corrected chi connectivity index (χ4v) is 3.43. The van der Waals surface area contributed by atoms with Crippen molar-refractivity contribution in [1.29, 1.82) is 0 Å². The minimum absolute atomic E-state index is 0.627. The highest BCUT2D eigenvalue weighted by atomic mass is 32.2. The molecule has 3 aromatic rings. The van der Waals surface area contributed by atoms with E-state index in [-0.39, 0.29) is 0 Å². The van der Waals surface area contributed by atoms with E-state index >= 15 is 0 Å². The molecule has 0 saturated carbocycles. The van der Waals surface area contributed by atoms with Crippen LogP contribution in [0.4, 0.5) is 5.69 Å². The number of benzene rings is 2. The molecule has 1 heterocycles. The first-order valence-electron chi connectivity index (χ1n) is 7.07. The van der Waals surface area contributed by atoms with Gasteiger partial charge in [0.1, 0.15) is 0 Å². The highest BCUT2D eigenvalue weighted by Crippen LogP contribution is 2.38. The normalized spacial score (nSPS) is 11.0. The Bertz CT molecular complexity index is 734. The molecule has 0 bridgehead atoms. The number of nitrogens with two attached hydrogens (primary N) is 1. The lowest BCUT2D eigenvalue weighted by atomic mass is 10.2. The molecule has 3 nitrogen and oxygen atoms in total. The number of anilines is 1. The lowest BCUT2D eigenvalue weighted by Gasteiger charge is -2.06. The second-order valence-corrected chi connectivity index (χ2v) is 6.02. The summed E-state index contributed by atoms with van der Waals surface area (Å²) in [7, 11) is 0. The van der Waals surface area contributed by atoms with Gasteiger partial charge >= 0.3 is 0 Å². The first kappa shape index (κ1) is 14.0. The smallest absolute Gasteiger partial charge is 0.0703 e. The fraction of sp³-hybridized carbons (Fsp3) is 0.176. The molecule has 0 radical (unpaired) electrons. The predicted molar refractivity (Wildman–Crippen MR) is 91.1 cm³/mol. The van der Waals surface area contributed by atoms with E-state index in [2.05, 4.69) is 59.7 Å². The molecular weight excluding hydrogens is 278 g/mol. The maximum atomic E-state index is 5.58. The van der Waals surface area contributed by atoms with E-state index in [9.17, 15) is 0 Å². The van der Waals surface area contributed by atoms with Gasteiger partial charge < -0.3 is 16.0 Å². The van der Waals surface area contributed by atoms with Gasteiger partial charge in [0, 0.05) is 34.0 Å². The topological polar surface area (TPSA) is 53.8 Å². The molecule has 4 heteroatoms. The van der Waals surface area contributed by atoms with Crippen LogP contribution in [0.2, 0.25) is 0 Å². The van der Waals surface area contributed by atoms with Gasteiger partial charge in [-0.25, -0.2) is 0 Å². The number of hydrogen-bond acceptors (Lipinski definition) is 3. The minimum Gasteiger partial charge on any atom is -0.382 e. The van der Waals surface area contributed by atoms with Gasteiger partial charge in [0.05, 0.1) is 11.2 Å². The molecule has 0 saturated heterocycles. The van der Waals surface area contributed by atoms with Gasteiger partial charge in [0.15, 0.2) is 0 Å². The van der Waals surface area contributed by atoms with Crippen molar-refractivity contribution in [2.45, 2.75) is 16.7 Å². The number of rotatable bonds is 5. The van der Waals surface area contributed by atoms with Gasteiger partial charge in [-0.15, -0.1) is 0 Å². The summed E-state index contributed by atoms with van der Waals surface area (Å²) in [6, 6.07) is 16.8. The Morgan fingerprint density at radius 1 is 1.10 bits per heavy atom. The van der Waals surface area contributed by atoms with Crippen molar-refractivity contribution in [1.82, 2.24) is 4.98 Å². The molecule has 0 atom stereocenters. The predicted octanol–water partition coefficient (Wildman–Crippen LogP) is 4.00. The molecule has 1 aromatic heterocycles. The third-order valence-corrected chi connectivity index (χ3v) is 4.62. The highest BCUT2D eigenvalue weighted by Gasteiger charge is 2.12. The number of aryl methyl sites for hydroxylation is 1. The lowest BCUT2D eigenvalue weighted by Crippen LogP contribution is -2.13. The van der Waals surface area contributed by atoms with E-state index < -0.39 is 0 Å². The number of aromatic amines is 1. The number of fused-ring (bicyclic) bond motifs is 1. The molecular formula is C17H19N3S. The number of hydrogen-bond donors (Lipinski definition) is 3. The molecule has 108 valence electrons. The highest BCUT2D eigenvalue weighted by molar-refractivity contribution is 7.99. The summed E-state index contributed by atoms with van der Waals surface area (Å²) in [6.07, 6.45) is 0. The number of aromatic nitrogens is 1. The SMILES string of the molecule is Cc1[nH]c2c(NCCN)cccc2c1Sc1ccccc1. The average molecular weight is 297 g/mol. The van der Waals surface area contributed by atoms with Crippen molar-refractivity contribution in [3.8, 4) is 0 Å². The van der Waals surface area contributed by atoms with E-state index in [1.807, 2.05) is 6.07 Å². The zero-order valence-corrected chi connectivity index (χ0v) is 12.8. The van der Waals surface area contributed by atoms with E-state index in [0.29, 0.717) is 6.54 Å². The van der Waals surface area contributed by atoms with Gasteiger partial charge in [0.25, 0.3) is 0 Å². The Hall–Kier alpha value is -1.91. The van der Waals surface area contributed by atoms with Crippen molar-refractivity contribution in [3.05, 3.63) is 54.2 Å². The van der Waals surface area contributed by atoms with Crippen LogP contribution in [0.15, 0.2) is 58.3 Å². The average Bonchev–Trinajstić information content (AvgIpc) is 2.83. The molecule has 0 amide bonds. The maximum Gasteiger partial charge on any atom is 0.0703 e. The van der Waals surface area contributed by atoms with Crippen LogP contribution in [0, 0.1) is 6.92 Å². The summed E-state index contributed by atoms with van der Waals surface area (Å²) in [5.41, 5.74) is 9.04. The maximum absolute atomic E-state index is 5.58. The molecule has 0 spiro atoms. The van der Waals surface area contributed by atoms with Crippen LogP contribution < -0.4 is 11.1 Å². The van der Waals surface area contributed by atoms with Crippen LogP contribution in [-0.4, -0.2) is 18.1 Å². The molecule has 0 fully saturated rings. The zero-order valence-electron chi connectivity index (χ0n) is 12.0. The van der Waals surface area contributed by atoms with Crippen LogP contribution in [-0.2, 0) is 0 Å². The molecule has 21 heavy (non-hydrogen) atoms. The minimum atomic E-state index is 0.627. The van der Waals surface area contributed by atoms with Gasteiger partial charge in [-0.3, -0.25) is 0 Å². The number of nitrogens with one attached hydrogen (secondary N) is 2. The van der Waals surface area contributed by atoms with Crippen molar-refractivity contribution < 1.29 is 0 Å². The van der Waals surface area contributed by atoms with Crippen LogP contribution in [0.3, 0.4) is 0 Å². The summed E-state index contributed by atoms with van der Waals surface area (Å²) in [5, 5.41) is 4.63. The number of para-hydroxylation sites is 1. The molecule has 0 aliphatic rings. The summed E-state index contributed by atoms with van der Waals surface area (Å²) >= 11 is 1.80. The molecule has 0 unspecified atom stereocenters. The van der Waals surface area contributed by atoms with Crippen molar-refractivity contribution >= 4 is 28.4 Å². The largest absolute Gasteiger partial charge is 0.382 e. The Kier molecular flexibility index (Phi) is 4.18. The van der Waals surface area contributed by atoms with Crippen LogP contribution in [0.5, 0.6) is 0 Å². The third kappa shape index (κ3) is 2.91. The van der Waals surface area contributed by atoms with Gasteiger partial charge in [0.2, 0.25) is 0 Å². The molecule has 2 aromatic carbocycles. The fourth-order valence-electron chi connectivity index (χ4n) is 2.41. The zero-order chi connectivity index (χ0) is 14.7. The Morgan fingerprint density at radius 3 is 2.67 bits per heavy atom. The second kappa shape index (κ2) is 6.24. The monoisotopic (exact) mass is 297 g/mol. The molecule has 3 rings (SSSR count). The van der Waals surface area contributed by atoms with Gasteiger partial charge in [-0.2, -0.15) is 0 Å². The molecule has 0 aliphatic carbocycles. The van der Waals surface area contributed by atoms with Crippen LogP contribution >= 0.6 is 11.8 Å². The Labute approximate surface area is 128 Å².